The summed E-state index contributed by atoms with van der Waals surface area (Å²) in [7, 11) is 0. The van der Waals surface area contributed by atoms with E-state index in [1.54, 1.807) is 0 Å². The SMILES string of the molecule is C1CCC(C2CCCC[N-]2)[N-]C1.C1CCC(C2CCCC[N-]2)[N-]C1.C1CCC(C2CCCC[N-]2)[N-]C1.[Ru+6]. The monoisotopic (exact) mass is 600 g/mol. The minimum atomic E-state index is 0. The smallest absolute Gasteiger partial charge is 0.661 e. The van der Waals surface area contributed by atoms with Crippen LogP contribution < -0.4 is 0 Å². The van der Waals surface area contributed by atoms with E-state index in [4.69, 9.17) is 0 Å². The van der Waals surface area contributed by atoms with E-state index in [0.717, 1.165) is 39.3 Å². The summed E-state index contributed by atoms with van der Waals surface area (Å²) in [5.41, 5.74) is 0. The first-order valence-corrected chi connectivity index (χ1v) is 15.9. The zero-order chi connectivity index (χ0) is 24.7. The maximum Gasteiger partial charge on any atom is 6.00 e. The van der Waals surface area contributed by atoms with E-state index < -0.39 is 0 Å². The van der Waals surface area contributed by atoms with Gasteiger partial charge in [-0.3, -0.25) is 0 Å². The number of piperidine rings is 6. The number of hydrogen-bond donors (Lipinski definition) is 0. The molecule has 6 unspecified atom stereocenters. The van der Waals surface area contributed by atoms with Crippen LogP contribution >= 0.6 is 0 Å². The molecule has 6 saturated heterocycles. The Balaban J connectivity index is 0.000000152. The Morgan fingerprint density at radius 3 is 0.514 bits per heavy atom. The van der Waals surface area contributed by atoms with E-state index in [-0.39, 0.29) is 19.5 Å². The summed E-state index contributed by atoms with van der Waals surface area (Å²) < 4.78 is 0. The third kappa shape index (κ3) is 11.8. The molecule has 0 spiro atoms. The minimum Gasteiger partial charge on any atom is -0.661 e. The van der Waals surface area contributed by atoms with Crippen LogP contribution in [0.25, 0.3) is 31.9 Å². The van der Waals surface area contributed by atoms with Gasteiger partial charge >= 0.3 is 19.5 Å². The van der Waals surface area contributed by atoms with Gasteiger partial charge in [-0.25, -0.2) is 0 Å². The van der Waals surface area contributed by atoms with E-state index in [1.807, 2.05) is 0 Å². The summed E-state index contributed by atoms with van der Waals surface area (Å²) in [6.07, 6.45) is 23.9. The van der Waals surface area contributed by atoms with E-state index in [9.17, 15) is 0 Å². The van der Waals surface area contributed by atoms with Crippen LogP contribution in [0, 0.1) is 0 Å². The molecule has 0 amide bonds. The quantitative estimate of drug-likeness (QED) is 0.291. The molecular formula is C30H54N6Ru. The Morgan fingerprint density at radius 2 is 0.405 bits per heavy atom. The van der Waals surface area contributed by atoms with Gasteiger partial charge in [-0.2, -0.15) is 36.3 Å². The normalized spacial score (nSPS) is 37.0. The zero-order valence-corrected chi connectivity index (χ0v) is 25.2. The fraction of sp³-hybridized carbons (Fsp3) is 1.00. The van der Waals surface area contributed by atoms with E-state index >= 15 is 0 Å². The molecule has 6 heterocycles. The molecule has 0 aromatic heterocycles. The van der Waals surface area contributed by atoms with Crippen molar-refractivity contribution >= 4 is 0 Å². The molecule has 6 aliphatic rings. The number of nitrogens with zero attached hydrogens (tertiary/aromatic N) is 6. The van der Waals surface area contributed by atoms with E-state index in [1.165, 1.54) is 116 Å². The van der Waals surface area contributed by atoms with Gasteiger partial charge < -0.3 is 31.9 Å². The third-order valence-electron chi connectivity index (χ3n) is 8.96. The van der Waals surface area contributed by atoms with Crippen molar-refractivity contribution in [2.75, 3.05) is 39.3 Å². The van der Waals surface area contributed by atoms with Gasteiger partial charge in [0.05, 0.1) is 0 Å². The molecule has 0 aliphatic carbocycles. The molecule has 6 rings (SSSR count). The van der Waals surface area contributed by atoms with Crippen molar-refractivity contribution in [3.05, 3.63) is 31.9 Å². The van der Waals surface area contributed by atoms with Crippen molar-refractivity contribution in [2.45, 2.75) is 152 Å². The van der Waals surface area contributed by atoms with Crippen LogP contribution in [0.3, 0.4) is 0 Å². The molecule has 7 heteroatoms. The van der Waals surface area contributed by atoms with Crippen LogP contribution in [-0.4, -0.2) is 75.5 Å². The third-order valence-corrected chi connectivity index (χ3v) is 8.96. The standard InChI is InChI=1S/3C10H18N2.Ru/c3*1-3-7-11-9(5-1)10-6-2-4-8-12-10;/h3*9-10H,1-8H2;/q3*-2;+6. The molecule has 37 heavy (non-hydrogen) atoms. The summed E-state index contributed by atoms with van der Waals surface area (Å²) in [4.78, 5) is 0. The molecule has 0 bridgehead atoms. The molecule has 6 nitrogen and oxygen atoms in total. The van der Waals surface area contributed by atoms with Crippen molar-refractivity contribution in [3.63, 3.8) is 0 Å². The molecule has 0 aromatic carbocycles. The van der Waals surface area contributed by atoms with Crippen molar-refractivity contribution in [1.29, 1.82) is 0 Å². The molecule has 6 aliphatic heterocycles. The summed E-state index contributed by atoms with van der Waals surface area (Å²) in [6.45, 7) is 6.56. The molecule has 6 atom stereocenters. The zero-order valence-electron chi connectivity index (χ0n) is 23.5. The van der Waals surface area contributed by atoms with E-state index in [2.05, 4.69) is 31.9 Å². The summed E-state index contributed by atoms with van der Waals surface area (Å²) in [6, 6.07) is 3.58. The van der Waals surface area contributed by atoms with Gasteiger partial charge in [-0.1, -0.05) is 116 Å². The molecular weight excluding hydrogens is 545 g/mol. The second-order valence-electron chi connectivity index (χ2n) is 11.8. The van der Waals surface area contributed by atoms with Gasteiger partial charge in [0.15, 0.2) is 0 Å². The van der Waals surface area contributed by atoms with Crippen LogP contribution in [0.5, 0.6) is 0 Å². The maximum absolute atomic E-state index is 4.66. The summed E-state index contributed by atoms with van der Waals surface area (Å²) in [5, 5.41) is 28.0. The average Bonchev–Trinajstić information content (AvgIpc) is 3.01. The summed E-state index contributed by atoms with van der Waals surface area (Å²) >= 11 is 0. The first-order chi connectivity index (χ1) is 17.9. The molecule has 0 N–H and O–H groups in total. The van der Waals surface area contributed by atoms with Gasteiger partial charge in [0.2, 0.25) is 0 Å². The predicted octanol–water partition coefficient (Wildman–Crippen LogP) is 8.51. The van der Waals surface area contributed by atoms with Gasteiger partial charge in [-0.15, -0.1) is 39.3 Å². The fourth-order valence-corrected chi connectivity index (χ4v) is 6.77. The van der Waals surface area contributed by atoms with E-state index in [0.29, 0.717) is 36.3 Å². The minimum absolute atomic E-state index is 0. The molecule has 0 radical (unpaired) electrons. The van der Waals surface area contributed by atoms with Gasteiger partial charge in [0.25, 0.3) is 0 Å². The molecule has 212 valence electrons. The van der Waals surface area contributed by atoms with Crippen LogP contribution in [0.4, 0.5) is 0 Å². The van der Waals surface area contributed by atoms with Crippen LogP contribution in [0.1, 0.15) is 116 Å². The predicted molar refractivity (Wildman–Crippen MR) is 155 cm³/mol. The number of rotatable bonds is 3. The Labute approximate surface area is 241 Å². The topological polar surface area (TPSA) is 84.6 Å². The van der Waals surface area contributed by atoms with Crippen molar-refractivity contribution < 1.29 is 19.5 Å². The second-order valence-corrected chi connectivity index (χ2v) is 11.8. The van der Waals surface area contributed by atoms with Crippen LogP contribution in [0.15, 0.2) is 0 Å². The van der Waals surface area contributed by atoms with Crippen LogP contribution in [0.2, 0.25) is 0 Å². The Bertz CT molecular complexity index is 406. The van der Waals surface area contributed by atoms with Crippen molar-refractivity contribution in [2.24, 2.45) is 0 Å². The average molecular weight is 600 g/mol. The molecule has 6 fully saturated rings. The van der Waals surface area contributed by atoms with Gasteiger partial charge in [0, 0.05) is 0 Å². The largest absolute Gasteiger partial charge is 6.00 e. The molecule has 0 aromatic rings. The Morgan fingerprint density at radius 1 is 0.243 bits per heavy atom. The first-order valence-electron chi connectivity index (χ1n) is 15.9. The maximum atomic E-state index is 4.66. The molecule has 0 saturated carbocycles. The Kier molecular flexibility index (Phi) is 16.8. The van der Waals surface area contributed by atoms with Gasteiger partial charge in [-0.05, 0) is 0 Å². The first kappa shape index (κ1) is 31.9. The fourth-order valence-electron chi connectivity index (χ4n) is 6.77. The van der Waals surface area contributed by atoms with Gasteiger partial charge in [0.1, 0.15) is 0 Å². The Hall–Kier alpha value is 0.383. The van der Waals surface area contributed by atoms with Crippen molar-refractivity contribution in [3.8, 4) is 0 Å². The second kappa shape index (κ2) is 19.5. The van der Waals surface area contributed by atoms with Crippen LogP contribution in [-0.2, 0) is 19.5 Å². The number of hydrogen-bond acceptors (Lipinski definition) is 0. The summed E-state index contributed by atoms with van der Waals surface area (Å²) in [5.74, 6) is 0. The van der Waals surface area contributed by atoms with Crippen molar-refractivity contribution in [1.82, 2.24) is 0 Å².